The first-order valence-electron chi connectivity index (χ1n) is 10.0. The summed E-state index contributed by atoms with van der Waals surface area (Å²) in [5, 5.41) is 12.6. The molecule has 0 aliphatic rings. The van der Waals surface area contributed by atoms with Gasteiger partial charge in [0, 0.05) is 24.1 Å². The van der Waals surface area contributed by atoms with Gasteiger partial charge in [0.2, 0.25) is 0 Å². The van der Waals surface area contributed by atoms with Crippen molar-refractivity contribution in [1.29, 1.82) is 0 Å². The predicted octanol–water partition coefficient (Wildman–Crippen LogP) is 1.14. The zero-order valence-corrected chi connectivity index (χ0v) is 17.6. The average molecular weight is 432 g/mol. The van der Waals surface area contributed by atoms with E-state index in [1.807, 2.05) is 6.92 Å². The molecule has 0 saturated carbocycles. The number of rotatable bonds is 11. The Morgan fingerprint density at radius 3 is 2.68 bits per heavy atom. The van der Waals surface area contributed by atoms with Gasteiger partial charge in [-0.2, -0.15) is 0 Å². The number of nitrogens with one attached hydrogen (secondary N) is 1. The van der Waals surface area contributed by atoms with Crippen LogP contribution in [0.1, 0.15) is 38.7 Å². The predicted molar refractivity (Wildman–Crippen MR) is 116 cm³/mol. The number of hydrogen-bond acceptors (Lipinski definition) is 6. The fraction of sp³-hybridized carbons (Fsp3) is 0.429. The number of carbonyl (C=O) groups excluding carboxylic acids is 1. The Morgan fingerprint density at radius 2 is 2.03 bits per heavy atom. The van der Waals surface area contributed by atoms with Crippen LogP contribution in [0.25, 0.3) is 11.0 Å². The lowest BCUT2D eigenvalue weighted by Gasteiger charge is -2.19. The number of nitrogens with two attached hydrogens (primary N) is 2. The van der Waals surface area contributed by atoms with Gasteiger partial charge in [0.05, 0.1) is 0 Å². The van der Waals surface area contributed by atoms with Crippen LogP contribution in [0.5, 0.6) is 5.75 Å². The summed E-state index contributed by atoms with van der Waals surface area (Å²) in [5.41, 5.74) is 11.3. The minimum absolute atomic E-state index is 0.0778. The standard InChI is InChI=1S/C21H28N4O6/c1-3-5-13-10-18(26)31-17-11-14(7-8-15(13)17)30-12(2)19(27)25-16(20(28)29)6-4-9-24-21(22)23/h7-8,10-12,16H,3-6,9H2,1-2H3,(H,25,27)(H,28,29)(H4,22,23,24)/t12-,16+/m1/s1. The van der Waals surface area contributed by atoms with Gasteiger partial charge in [-0.1, -0.05) is 13.3 Å². The first-order chi connectivity index (χ1) is 14.7. The Balaban J connectivity index is 2.05. The average Bonchev–Trinajstić information content (AvgIpc) is 2.69. The molecule has 1 amide bonds. The fourth-order valence-electron chi connectivity index (χ4n) is 3.07. The van der Waals surface area contributed by atoms with Crippen molar-refractivity contribution in [3.05, 3.63) is 40.2 Å². The summed E-state index contributed by atoms with van der Waals surface area (Å²) in [4.78, 5) is 39.4. The van der Waals surface area contributed by atoms with E-state index in [4.69, 9.17) is 20.6 Å². The van der Waals surface area contributed by atoms with E-state index in [-0.39, 0.29) is 18.9 Å². The summed E-state index contributed by atoms with van der Waals surface area (Å²) in [6.07, 6.45) is 1.19. The Labute approximate surface area is 179 Å². The van der Waals surface area contributed by atoms with Crippen LogP contribution in [-0.2, 0) is 16.0 Å². The number of carboxylic acid groups (broad SMARTS) is 1. The Hall–Kier alpha value is -3.56. The highest BCUT2D eigenvalue weighted by atomic mass is 16.5. The number of fused-ring (bicyclic) bond motifs is 1. The van der Waals surface area contributed by atoms with Crippen molar-refractivity contribution in [1.82, 2.24) is 5.32 Å². The molecule has 1 aromatic carbocycles. The van der Waals surface area contributed by atoms with Crippen LogP contribution in [0.4, 0.5) is 0 Å². The monoisotopic (exact) mass is 432 g/mol. The van der Waals surface area contributed by atoms with Gasteiger partial charge in [0.25, 0.3) is 5.91 Å². The van der Waals surface area contributed by atoms with Crippen LogP contribution >= 0.6 is 0 Å². The molecule has 10 nitrogen and oxygen atoms in total. The summed E-state index contributed by atoms with van der Waals surface area (Å²) in [7, 11) is 0. The van der Waals surface area contributed by atoms with Crippen molar-refractivity contribution in [2.24, 2.45) is 16.5 Å². The number of guanidine groups is 1. The van der Waals surface area contributed by atoms with Crippen molar-refractivity contribution < 1.29 is 23.8 Å². The number of ether oxygens (including phenoxy) is 1. The maximum Gasteiger partial charge on any atom is 0.336 e. The van der Waals surface area contributed by atoms with Crippen molar-refractivity contribution in [3.8, 4) is 5.75 Å². The highest BCUT2D eigenvalue weighted by Crippen LogP contribution is 2.24. The van der Waals surface area contributed by atoms with Crippen LogP contribution in [-0.4, -0.2) is 41.6 Å². The summed E-state index contributed by atoms with van der Waals surface area (Å²) < 4.78 is 10.9. The lowest BCUT2D eigenvalue weighted by Crippen LogP contribution is -2.46. The molecule has 168 valence electrons. The van der Waals surface area contributed by atoms with Gasteiger partial charge < -0.3 is 31.0 Å². The summed E-state index contributed by atoms with van der Waals surface area (Å²) in [6.45, 7) is 3.78. The highest BCUT2D eigenvalue weighted by molar-refractivity contribution is 5.86. The van der Waals surface area contributed by atoms with Gasteiger partial charge in [0.15, 0.2) is 12.1 Å². The van der Waals surface area contributed by atoms with Gasteiger partial charge in [-0.15, -0.1) is 0 Å². The molecule has 0 fully saturated rings. The summed E-state index contributed by atoms with van der Waals surface area (Å²) in [6, 6.07) is 5.37. The lowest BCUT2D eigenvalue weighted by molar-refractivity contribution is -0.143. The molecular weight excluding hydrogens is 404 g/mol. The Morgan fingerprint density at radius 1 is 1.29 bits per heavy atom. The number of amides is 1. The zero-order valence-electron chi connectivity index (χ0n) is 17.6. The van der Waals surface area contributed by atoms with Crippen LogP contribution in [0.2, 0.25) is 0 Å². The third-order valence-electron chi connectivity index (χ3n) is 4.56. The van der Waals surface area contributed by atoms with Gasteiger partial charge in [-0.05, 0) is 43.9 Å². The van der Waals surface area contributed by atoms with E-state index < -0.39 is 29.6 Å². The molecule has 0 unspecified atom stereocenters. The Kier molecular flexibility index (Phi) is 8.42. The summed E-state index contributed by atoms with van der Waals surface area (Å²) in [5.74, 6) is -1.51. The number of hydrogen-bond donors (Lipinski definition) is 4. The van der Waals surface area contributed by atoms with Crippen molar-refractivity contribution in [2.75, 3.05) is 6.54 Å². The minimum Gasteiger partial charge on any atom is -0.481 e. The van der Waals surface area contributed by atoms with Crippen molar-refractivity contribution in [2.45, 2.75) is 51.7 Å². The molecule has 0 spiro atoms. The van der Waals surface area contributed by atoms with E-state index in [2.05, 4.69) is 10.3 Å². The van der Waals surface area contributed by atoms with Crippen molar-refractivity contribution >= 4 is 28.8 Å². The van der Waals surface area contributed by atoms with E-state index in [1.54, 1.807) is 18.2 Å². The number of nitrogens with zero attached hydrogens (tertiary/aromatic N) is 1. The first kappa shape index (κ1) is 23.7. The zero-order chi connectivity index (χ0) is 23.0. The van der Waals surface area contributed by atoms with Crippen LogP contribution < -0.4 is 27.1 Å². The smallest absolute Gasteiger partial charge is 0.336 e. The van der Waals surface area contributed by atoms with Crippen LogP contribution in [0.3, 0.4) is 0 Å². The van der Waals surface area contributed by atoms with Crippen molar-refractivity contribution in [3.63, 3.8) is 0 Å². The second-order valence-corrected chi connectivity index (χ2v) is 7.11. The molecule has 2 aromatic rings. The minimum atomic E-state index is -1.17. The van der Waals surface area contributed by atoms with Crippen LogP contribution in [0, 0.1) is 0 Å². The van der Waals surface area contributed by atoms with Crippen LogP contribution in [0.15, 0.2) is 38.5 Å². The van der Waals surface area contributed by atoms with E-state index >= 15 is 0 Å². The molecule has 0 saturated heterocycles. The fourth-order valence-corrected chi connectivity index (χ4v) is 3.07. The van der Waals surface area contributed by atoms with E-state index in [0.29, 0.717) is 17.8 Å². The molecule has 0 bridgehead atoms. The molecule has 10 heteroatoms. The first-order valence-corrected chi connectivity index (χ1v) is 10.0. The quantitative estimate of drug-likeness (QED) is 0.177. The second-order valence-electron chi connectivity index (χ2n) is 7.11. The largest absolute Gasteiger partial charge is 0.481 e. The highest BCUT2D eigenvalue weighted by Gasteiger charge is 2.23. The van der Waals surface area contributed by atoms with Gasteiger partial charge in [0.1, 0.15) is 17.4 Å². The van der Waals surface area contributed by atoms with E-state index in [0.717, 1.165) is 23.8 Å². The molecular formula is C21H28N4O6. The van der Waals surface area contributed by atoms with E-state index in [9.17, 15) is 19.5 Å². The third kappa shape index (κ3) is 7.02. The molecule has 6 N–H and O–H groups in total. The molecule has 2 rings (SSSR count). The number of carbonyl (C=O) groups is 2. The molecule has 0 aliphatic heterocycles. The molecule has 1 aromatic heterocycles. The van der Waals surface area contributed by atoms with Gasteiger partial charge in [-0.3, -0.25) is 9.79 Å². The normalized spacial score (nSPS) is 12.7. The molecule has 0 aliphatic carbocycles. The van der Waals surface area contributed by atoms with Gasteiger partial charge in [-0.25, -0.2) is 9.59 Å². The number of carboxylic acids is 1. The molecule has 31 heavy (non-hydrogen) atoms. The molecule has 1 heterocycles. The summed E-state index contributed by atoms with van der Waals surface area (Å²) >= 11 is 0. The number of aryl methyl sites for hydroxylation is 1. The molecule has 0 radical (unpaired) electrons. The number of aliphatic imine (C=N–C) groups is 1. The lowest BCUT2D eigenvalue weighted by atomic mass is 10.1. The maximum atomic E-state index is 12.4. The Bertz CT molecular complexity index is 1010. The second kappa shape index (κ2) is 11.0. The molecule has 2 atom stereocenters. The number of aliphatic carboxylic acids is 1. The third-order valence-corrected chi connectivity index (χ3v) is 4.56. The topological polar surface area (TPSA) is 170 Å². The SMILES string of the molecule is CCCc1cc(=O)oc2cc(O[C@H](C)C(=O)N[C@@H](CCCN=C(N)N)C(=O)O)ccc12. The van der Waals surface area contributed by atoms with E-state index in [1.165, 1.54) is 13.0 Å². The van der Waals surface area contributed by atoms with Gasteiger partial charge >= 0.3 is 11.6 Å². The number of benzene rings is 1. The maximum absolute atomic E-state index is 12.4.